The van der Waals surface area contributed by atoms with Gasteiger partial charge in [-0.2, -0.15) is 0 Å². The third kappa shape index (κ3) is 3.26. The first kappa shape index (κ1) is 19.5. The Hall–Kier alpha value is -3.81. The summed E-state index contributed by atoms with van der Waals surface area (Å²) in [6, 6.07) is 13.5. The molecule has 2 aromatic carbocycles. The maximum Gasteiger partial charge on any atom is 0.332 e. The number of aromatic nitrogens is 2. The molecule has 8 heteroatoms. The minimum Gasteiger partial charge on any atom is -0.497 e. The Morgan fingerprint density at radius 2 is 1.80 bits per heavy atom. The van der Waals surface area contributed by atoms with Crippen LogP contribution in [-0.4, -0.2) is 22.2 Å². The van der Waals surface area contributed by atoms with Crippen LogP contribution in [0.25, 0.3) is 22.1 Å². The SMILES string of the molecule is COc1ccc(NC(=O)Cn2c(=O)n(C(C)C)c(=O)c3oc4ccccc4c32)cc1. The fourth-order valence-electron chi connectivity index (χ4n) is 3.49. The fraction of sp³-hybridized carbons (Fsp3) is 0.227. The van der Waals surface area contributed by atoms with E-state index in [1.807, 2.05) is 0 Å². The van der Waals surface area contributed by atoms with Gasteiger partial charge in [0.2, 0.25) is 11.5 Å². The molecule has 4 aromatic rings. The van der Waals surface area contributed by atoms with Crippen molar-refractivity contribution in [2.24, 2.45) is 0 Å². The number of nitrogens with one attached hydrogen (secondary N) is 1. The van der Waals surface area contributed by atoms with Gasteiger partial charge in [0.1, 0.15) is 23.4 Å². The molecule has 1 amide bonds. The quantitative estimate of drug-likeness (QED) is 0.548. The summed E-state index contributed by atoms with van der Waals surface area (Å²) < 4.78 is 13.3. The van der Waals surface area contributed by atoms with Crippen LogP contribution < -0.4 is 21.3 Å². The number of benzene rings is 2. The Bertz CT molecular complexity index is 1360. The van der Waals surface area contributed by atoms with Crippen molar-refractivity contribution in [1.82, 2.24) is 9.13 Å². The lowest BCUT2D eigenvalue weighted by Crippen LogP contribution is -2.42. The average molecular weight is 407 g/mol. The Morgan fingerprint density at radius 3 is 2.47 bits per heavy atom. The lowest BCUT2D eigenvalue weighted by molar-refractivity contribution is -0.116. The van der Waals surface area contributed by atoms with E-state index < -0.39 is 23.2 Å². The molecule has 0 atom stereocenters. The van der Waals surface area contributed by atoms with Crippen LogP contribution in [-0.2, 0) is 11.3 Å². The van der Waals surface area contributed by atoms with Crippen LogP contribution in [0.2, 0.25) is 0 Å². The van der Waals surface area contributed by atoms with E-state index in [1.165, 1.54) is 4.57 Å². The Kier molecular flexibility index (Phi) is 4.91. The molecule has 154 valence electrons. The molecule has 1 N–H and O–H groups in total. The van der Waals surface area contributed by atoms with E-state index in [2.05, 4.69) is 5.32 Å². The number of carbonyl (C=O) groups is 1. The van der Waals surface area contributed by atoms with Gasteiger partial charge in [-0.1, -0.05) is 12.1 Å². The number of para-hydroxylation sites is 1. The lowest BCUT2D eigenvalue weighted by atomic mass is 10.2. The summed E-state index contributed by atoms with van der Waals surface area (Å²) >= 11 is 0. The maximum absolute atomic E-state index is 13.1. The second-order valence-corrected chi connectivity index (χ2v) is 7.19. The van der Waals surface area contributed by atoms with Crippen LogP contribution in [0.1, 0.15) is 19.9 Å². The van der Waals surface area contributed by atoms with Crippen molar-refractivity contribution in [3.8, 4) is 5.75 Å². The molecule has 0 unspecified atom stereocenters. The van der Waals surface area contributed by atoms with Gasteiger partial charge in [-0.25, -0.2) is 4.79 Å². The summed E-state index contributed by atoms with van der Waals surface area (Å²) in [4.78, 5) is 38.8. The molecule has 0 radical (unpaired) electrons. The monoisotopic (exact) mass is 407 g/mol. The van der Waals surface area contributed by atoms with Gasteiger partial charge >= 0.3 is 5.69 Å². The molecule has 2 heterocycles. The van der Waals surface area contributed by atoms with Gasteiger partial charge in [0, 0.05) is 17.1 Å². The van der Waals surface area contributed by atoms with Crippen LogP contribution in [0.15, 0.2) is 62.5 Å². The molecule has 8 nitrogen and oxygen atoms in total. The van der Waals surface area contributed by atoms with Crippen molar-refractivity contribution in [3.05, 3.63) is 69.4 Å². The van der Waals surface area contributed by atoms with E-state index in [-0.39, 0.29) is 12.1 Å². The molecule has 0 aliphatic carbocycles. The van der Waals surface area contributed by atoms with Crippen molar-refractivity contribution in [2.75, 3.05) is 12.4 Å². The van der Waals surface area contributed by atoms with Gasteiger partial charge in [0.05, 0.1) is 7.11 Å². The minimum absolute atomic E-state index is 0.0572. The topological polar surface area (TPSA) is 95.5 Å². The summed E-state index contributed by atoms with van der Waals surface area (Å²) in [5, 5.41) is 3.37. The highest BCUT2D eigenvalue weighted by Crippen LogP contribution is 2.26. The van der Waals surface area contributed by atoms with E-state index in [0.717, 1.165) is 4.57 Å². The number of nitrogens with zero attached hydrogens (tertiary/aromatic N) is 2. The van der Waals surface area contributed by atoms with E-state index in [1.54, 1.807) is 69.5 Å². The molecule has 0 aliphatic heterocycles. The van der Waals surface area contributed by atoms with Gasteiger partial charge in [0.25, 0.3) is 5.56 Å². The van der Waals surface area contributed by atoms with Crippen molar-refractivity contribution >= 4 is 33.7 Å². The molecule has 0 spiro atoms. The van der Waals surface area contributed by atoms with E-state index in [4.69, 9.17) is 9.15 Å². The zero-order chi connectivity index (χ0) is 21.4. The van der Waals surface area contributed by atoms with E-state index >= 15 is 0 Å². The first-order valence-corrected chi connectivity index (χ1v) is 9.51. The second kappa shape index (κ2) is 7.55. The highest BCUT2D eigenvalue weighted by molar-refractivity contribution is 6.03. The van der Waals surface area contributed by atoms with Crippen LogP contribution in [0, 0.1) is 0 Å². The number of anilines is 1. The molecular weight excluding hydrogens is 386 g/mol. The van der Waals surface area contributed by atoms with Crippen LogP contribution in [0.3, 0.4) is 0 Å². The van der Waals surface area contributed by atoms with Gasteiger partial charge in [-0.3, -0.25) is 18.7 Å². The summed E-state index contributed by atoms with van der Waals surface area (Å²) in [7, 11) is 1.56. The molecule has 0 saturated heterocycles. The third-order valence-electron chi connectivity index (χ3n) is 4.88. The number of hydrogen-bond donors (Lipinski definition) is 1. The van der Waals surface area contributed by atoms with Crippen LogP contribution in [0.5, 0.6) is 5.75 Å². The molecule has 4 rings (SSSR count). The van der Waals surface area contributed by atoms with Gasteiger partial charge in [-0.15, -0.1) is 0 Å². The van der Waals surface area contributed by atoms with Crippen molar-refractivity contribution in [1.29, 1.82) is 0 Å². The predicted molar refractivity (Wildman–Crippen MR) is 114 cm³/mol. The van der Waals surface area contributed by atoms with Gasteiger partial charge in [-0.05, 0) is 50.2 Å². The van der Waals surface area contributed by atoms with Gasteiger partial charge < -0.3 is 14.5 Å². The third-order valence-corrected chi connectivity index (χ3v) is 4.88. The average Bonchev–Trinajstić information content (AvgIpc) is 3.11. The zero-order valence-corrected chi connectivity index (χ0v) is 16.8. The Balaban J connectivity index is 1.83. The number of methoxy groups -OCH3 is 1. The summed E-state index contributed by atoms with van der Waals surface area (Å²) in [6.07, 6.45) is 0. The number of rotatable bonds is 5. The summed E-state index contributed by atoms with van der Waals surface area (Å²) in [5.74, 6) is 0.266. The van der Waals surface area contributed by atoms with Gasteiger partial charge in [0.15, 0.2) is 0 Å². The lowest BCUT2D eigenvalue weighted by Gasteiger charge is -2.14. The molecule has 0 bridgehead atoms. The normalized spacial score (nSPS) is 11.3. The number of ether oxygens (including phenoxy) is 1. The van der Waals surface area contributed by atoms with Crippen LogP contribution >= 0.6 is 0 Å². The fourth-order valence-corrected chi connectivity index (χ4v) is 3.49. The predicted octanol–water partition coefficient (Wildman–Crippen LogP) is 3.14. The molecule has 0 aliphatic rings. The summed E-state index contributed by atoms with van der Waals surface area (Å²) in [5.41, 5.74) is 0.366. The molecular formula is C22H21N3O5. The smallest absolute Gasteiger partial charge is 0.332 e. The maximum atomic E-state index is 13.1. The largest absolute Gasteiger partial charge is 0.497 e. The first-order valence-electron chi connectivity index (χ1n) is 9.51. The Labute approximate surface area is 171 Å². The van der Waals surface area contributed by atoms with Crippen LogP contribution in [0.4, 0.5) is 5.69 Å². The summed E-state index contributed by atoms with van der Waals surface area (Å²) in [6.45, 7) is 3.20. The highest BCUT2D eigenvalue weighted by Gasteiger charge is 2.22. The molecule has 30 heavy (non-hydrogen) atoms. The number of amides is 1. The van der Waals surface area contributed by atoms with Crippen molar-refractivity contribution in [2.45, 2.75) is 26.4 Å². The second-order valence-electron chi connectivity index (χ2n) is 7.19. The van der Waals surface area contributed by atoms with Crippen molar-refractivity contribution in [3.63, 3.8) is 0 Å². The molecule has 0 saturated carbocycles. The zero-order valence-electron chi connectivity index (χ0n) is 16.8. The molecule has 0 fully saturated rings. The van der Waals surface area contributed by atoms with Crippen molar-refractivity contribution < 1.29 is 13.9 Å². The molecule has 2 aromatic heterocycles. The standard InChI is InChI=1S/C22H21N3O5/c1-13(2)25-21(27)20-19(16-6-4-5-7-17(16)30-20)24(22(25)28)12-18(26)23-14-8-10-15(29-3)11-9-14/h4-11,13H,12H2,1-3H3,(H,23,26). The minimum atomic E-state index is -0.557. The number of furan rings is 1. The highest BCUT2D eigenvalue weighted by atomic mass is 16.5. The Morgan fingerprint density at radius 1 is 1.10 bits per heavy atom. The number of carbonyl (C=O) groups excluding carboxylic acids is 1. The number of fused-ring (bicyclic) bond motifs is 3. The first-order chi connectivity index (χ1) is 14.4. The van der Waals surface area contributed by atoms with E-state index in [9.17, 15) is 14.4 Å². The number of hydrogen-bond acceptors (Lipinski definition) is 5. The van der Waals surface area contributed by atoms with E-state index in [0.29, 0.717) is 27.9 Å².